The largest absolute Gasteiger partial charge is 0.340 e. The summed E-state index contributed by atoms with van der Waals surface area (Å²) in [5.74, 6) is 0.193. The second-order valence-electron chi connectivity index (χ2n) is 3.19. The van der Waals surface area contributed by atoms with Crippen LogP contribution in [-0.2, 0) is 4.79 Å². The van der Waals surface area contributed by atoms with Crippen molar-refractivity contribution in [2.75, 3.05) is 19.6 Å². The fourth-order valence-corrected chi connectivity index (χ4v) is 1.41. The predicted octanol–water partition coefficient (Wildman–Crippen LogP) is 0.383. The van der Waals surface area contributed by atoms with Crippen LogP contribution in [0.15, 0.2) is 12.7 Å². The quantitative estimate of drug-likeness (QED) is 0.605. The zero-order valence-electron chi connectivity index (χ0n) is 7.55. The number of carbonyl (C=O) groups is 1. The molecule has 1 aliphatic heterocycles. The lowest BCUT2D eigenvalue weighted by molar-refractivity contribution is -0.131. The molecule has 0 aromatic heterocycles. The summed E-state index contributed by atoms with van der Waals surface area (Å²) in [7, 11) is 0. The SMILES string of the molecule is C=CCC(=O)N1CCN[C@H](C)C1. The van der Waals surface area contributed by atoms with Crippen LogP contribution in [-0.4, -0.2) is 36.5 Å². The first-order valence-electron chi connectivity index (χ1n) is 4.36. The lowest BCUT2D eigenvalue weighted by atomic mass is 10.2. The van der Waals surface area contributed by atoms with Crippen LogP contribution in [0.2, 0.25) is 0 Å². The minimum absolute atomic E-state index is 0.193. The second kappa shape index (κ2) is 4.26. The van der Waals surface area contributed by atoms with Crippen LogP contribution in [0.4, 0.5) is 0 Å². The maximum atomic E-state index is 11.4. The Kier molecular flexibility index (Phi) is 3.29. The molecule has 1 amide bonds. The molecule has 12 heavy (non-hydrogen) atoms. The van der Waals surface area contributed by atoms with E-state index in [2.05, 4.69) is 18.8 Å². The van der Waals surface area contributed by atoms with E-state index in [0.29, 0.717) is 12.5 Å². The molecule has 0 aromatic carbocycles. The van der Waals surface area contributed by atoms with Crippen LogP contribution in [0.25, 0.3) is 0 Å². The monoisotopic (exact) mass is 168 g/mol. The highest BCUT2D eigenvalue weighted by Gasteiger charge is 2.18. The van der Waals surface area contributed by atoms with E-state index in [9.17, 15) is 4.79 Å². The molecule has 1 heterocycles. The summed E-state index contributed by atoms with van der Waals surface area (Å²) >= 11 is 0. The Morgan fingerprint density at radius 3 is 3.17 bits per heavy atom. The van der Waals surface area contributed by atoms with E-state index < -0.39 is 0 Å². The van der Waals surface area contributed by atoms with E-state index in [0.717, 1.165) is 19.6 Å². The minimum Gasteiger partial charge on any atom is -0.340 e. The molecule has 0 bridgehead atoms. The Hall–Kier alpha value is -0.830. The van der Waals surface area contributed by atoms with Gasteiger partial charge in [-0.1, -0.05) is 6.08 Å². The van der Waals surface area contributed by atoms with Gasteiger partial charge in [0.1, 0.15) is 0 Å². The number of hydrogen-bond acceptors (Lipinski definition) is 2. The Bertz CT molecular complexity index is 179. The number of carbonyl (C=O) groups excluding carboxylic acids is 1. The number of nitrogens with zero attached hydrogens (tertiary/aromatic N) is 1. The zero-order valence-corrected chi connectivity index (χ0v) is 7.55. The van der Waals surface area contributed by atoms with Crippen molar-refractivity contribution in [3.05, 3.63) is 12.7 Å². The van der Waals surface area contributed by atoms with Crippen molar-refractivity contribution < 1.29 is 4.79 Å². The van der Waals surface area contributed by atoms with Crippen LogP contribution in [0.5, 0.6) is 0 Å². The van der Waals surface area contributed by atoms with Crippen molar-refractivity contribution in [3.63, 3.8) is 0 Å². The third kappa shape index (κ3) is 2.34. The molecule has 1 saturated heterocycles. The van der Waals surface area contributed by atoms with Gasteiger partial charge in [0.05, 0.1) is 0 Å². The Balaban J connectivity index is 2.39. The third-order valence-corrected chi connectivity index (χ3v) is 2.04. The number of hydrogen-bond donors (Lipinski definition) is 1. The summed E-state index contributed by atoms with van der Waals surface area (Å²) < 4.78 is 0. The van der Waals surface area contributed by atoms with E-state index in [1.54, 1.807) is 6.08 Å². The standard InChI is InChI=1S/C9H16N2O/c1-3-4-9(12)11-6-5-10-8(2)7-11/h3,8,10H,1,4-7H2,2H3/t8-/m1/s1. The predicted molar refractivity (Wildman–Crippen MR) is 48.9 cm³/mol. The highest BCUT2D eigenvalue weighted by molar-refractivity contribution is 5.77. The molecule has 0 radical (unpaired) electrons. The Labute approximate surface area is 73.4 Å². The van der Waals surface area contributed by atoms with Gasteiger partial charge in [0.2, 0.25) is 5.91 Å². The number of piperazine rings is 1. The molecule has 3 heteroatoms. The fraction of sp³-hybridized carbons (Fsp3) is 0.667. The number of nitrogens with one attached hydrogen (secondary N) is 1. The number of rotatable bonds is 2. The third-order valence-electron chi connectivity index (χ3n) is 2.04. The summed E-state index contributed by atoms with van der Waals surface area (Å²) in [6, 6.07) is 0.424. The van der Waals surface area contributed by atoms with Crippen LogP contribution in [0.1, 0.15) is 13.3 Å². The van der Waals surface area contributed by atoms with Crippen molar-refractivity contribution in [2.45, 2.75) is 19.4 Å². The molecule has 1 fully saturated rings. The summed E-state index contributed by atoms with van der Waals surface area (Å²) in [6.07, 6.45) is 2.13. The summed E-state index contributed by atoms with van der Waals surface area (Å²) in [5.41, 5.74) is 0. The first-order valence-corrected chi connectivity index (χ1v) is 4.36. The molecule has 3 nitrogen and oxygen atoms in total. The van der Waals surface area contributed by atoms with E-state index >= 15 is 0 Å². The normalized spacial score (nSPS) is 23.8. The Morgan fingerprint density at radius 2 is 2.58 bits per heavy atom. The van der Waals surface area contributed by atoms with Crippen LogP contribution in [0.3, 0.4) is 0 Å². The van der Waals surface area contributed by atoms with E-state index in [4.69, 9.17) is 0 Å². The Morgan fingerprint density at radius 1 is 1.83 bits per heavy atom. The molecule has 0 aromatic rings. The highest BCUT2D eigenvalue weighted by Crippen LogP contribution is 2.01. The van der Waals surface area contributed by atoms with Gasteiger partial charge in [0.15, 0.2) is 0 Å². The van der Waals surface area contributed by atoms with E-state index in [1.165, 1.54) is 0 Å². The van der Waals surface area contributed by atoms with Crippen molar-refractivity contribution in [2.24, 2.45) is 0 Å². The van der Waals surface area contributed by atoms with Gasteiger partial charge in [-0.05, 0) is 6.92 Å². The highest BCUT2D eigenvalue weighted by atomic mass is 16.2. The lowest BCUT2D eigenvalue weighted by Crippen LogP contribution is -2.51. The average Bonchev–Trinajstić information content (AvgIpc) is 2.05. The van der Waals surface area contributed by atoms with E-state index in [1.807, 2.05) is 4.90 Å². The maximum absolute atomic E-state index is 11.4. The lowest BCUT2D eigenvalue weighted by Gasteiger charge is -2.31. The molecule has 0 aliphatic carbocycles. The van der Waals surface area contributed by atoms with Crippen LogP contribution in [0, 0.1) is 0 Å². The maximum Gasteiger partial charge on any atom is 0.226 e. The van der Waals surface area contributed by atoms with Crippen molar-refractivity contribution in [1.29, 1.82) is 0 Å². The molecule has 0 spiro atoms. The van der Waals surface area contributed by atoms with Crippen molar-refractivity contribution in [1.82, 2.24) is 10.2 Å². The topological polar surface area (TPSA) is 32.3 Å². The van der Waals surface area contributed by atoms with Gasteiger partial charge in [-0.25, -0.2) is 0 Å². The van der Waals surface area contributed by atoms with Crippen molar-refractivity contribution >= 4 is 5.91 Å². The first kappa shape index (κ1) is 9.26. The van der Waals surface area contributed by atoms with Gasteiger partial charge >= 0.3 is 0 Å². The minimum atomic E-state index is 0.193. The van der Waals surface area contributed by atoms with E-state index in [-0.39, 0.29) is 5.91 Å². The molecule has 0 unspecified atom stereocenters. The fourth-order valence-electron chi connectivity index (χ4n) is 1.41. The first-order chi connectivity index (χ1) is 5.74. The summed E-state index contributed by atoms with van der Waals surface area (Å²) in [5, 5.41) is 3.29. The molecular formula is C9H16N2O. The zero-order chi connectivity index (χ0) is 8.97. The number of amides is 1. The molecule has 68 valence electrons. The molecule has 0 saturated carbocycles. The van der Waals surface area contributed by atoms with Gasteiger partial charge in [-0.2, -0.15) is 0 Å². The van der Waals surface area contributed by atoms with Gasteiger partial charge in [0, 0.05) is 32.1 Å². The van der Waals surface area contributed by atoms with Crippen molar-refractivity contribution in [3.8, 4) is 0 Å². The molecule has 1 rings (SSSR count). The molecule has 1 N–H and O–H groups in total. The smallest absolute Gasteiger partial charge is 0.226 e. The van der Waals surface area contributed by atoms with Gasteiger partial charge in [0.25, 0.3) is 0 Å². The van der Waals surface area contributed by atoms with Gasteiger partial charge < -0.3 is 10.2 Å². The molecular weight excluding hydrogens is 152 g/mol. The molecule has 1 aliphatic rings. The van der Waals surface area contributed by atoms with Crippen LogP contribution < -0.4 is 5.32 Å². The average molecular weight is 168 g/mol. The summed E-state index contributed by atoms with van der Waals surface area (Å²) in [4.78, 5) is 13.3. The second-order valence-corrected chi connectivity index (χ2v) is 3.19. The molecule has 1 atom stereocenters. The summed E-state index contributed by atoms with van der Waals surface area (Å²) in [6.45, 7) is 8.21. The van der Waals surface area contributed by atoms with Crippen LogP contribution >= 0.6 is 0 Å². The van der Waals surface area contributed by atoms with Gasteiger partial charge in [-0.15, -0.1) is 6.58 Å². The van der Waals surface area contributed by atoms with Gasteiger partial charge in [-0.3, -0.25) is 4.79 Å².